The second-order valence-electron chi connectivity index (χ2n) is 5.11. The van der Waals surface area contributed by atoms with E-state index in [4.69, 9.17) is 5.73 Å². The Labute approximate surface area is 92.1 Å². The highest BCUT2D eigenvalue weighted by molar-refractivity contribution is 5.60. The van der Waals surface area contributed by atoms with Gasteiger partial charge in [-0.3, -0.25) is 0 Å². The van der Waals surface area contributed by atoms with E-state index in [1.807, 2.05) is 6.07 Å². The molecule has 15 heavy (non-hydrogen) atoms. The fourth-order valence-corrected chi connectivity index (χ4v) is 2.54. The number of nitrogens with two attached hydrogens (primary N) is 1. The number of aryl methyl sites for hydroxylation is 1. The van der Waals surface area contributed by atoms with Gasteiger partial charge in [0.25, 0.3) is 0 Å². The number of rotatable bonds is 1. The van der Waals surface area contributed by atoms with E-state index in [1.54, 1.807) is 0 Å². The Balaban J connectivity index is 2.37. The summed E-state index contributed by atoms with van der Waals surface area (Å²) in [4.78, 5) is 2.50. The Morgan fingerprint density at radius 2 is 2.07 bits per heavy atom. The van der Waals surface area contributed by atoms with Crippen LogP contribution in [0.1, 0.15) is 32.3 Å². The van der Waals surface area contributed by atoms with E-state index in [2.05, 4.69) is 37.8 Å². The van der Waals surface area contributed by atoms with Gasteiger partial charge in [-0.05, 0) is 57.4 Å². The summed E-state index contributed by atoms with van der Waals surface area (Å²) < 4.78 is 0. The fourth-order valence-electron chi connectivity index (χ4n) is 2.54. The lowest BCUT2D eigenvalue weighted by Gasteiger charge is -2.34. The minimum Gasteiger partial charge on any atom is -0.399 e. The lowest BCUT2D eigenvalue weighted by molar-refractivity contribution is 0.517. The van der Waals surface area contributed by atoms with Crippen molar-refractivity contribution in [2.75, 3.05) is 17.2 Å². The molecule has 1 aromatic carbocycles. The third-order valence-electron chi connectivity index (χ3n) is 3.41. The van der Waals surface area contributed by atoms with Crippen molar-refractivity contribution in [1.82, 2.24) is 0 Å². The minimum atomic E-state index is 0.293. The summed E-state index contributed by atoms with van der Waals surface area (Å²) >= 11 is 0. The van der Waals surface area contributed by atoms with Crippen LogP contribution < -0.4 is 10.6 Å². The van der Waals surface area contributed by atoms with Crippen LogP contribution in [0, 0.1) is 6.92 Å². The minimum absolute atomic E-state index is 0.293. The van der Waals surface area contributed by atoms with Crippen molar-refractivity contribution in [2.24, 2.45) is 0 Å². The first-order valence-electron chi connectivity index (χ1n) is 5.64. The second-order valence-corrected chi connectivity index (χ2v) is 5.11. The zero-order valence-corrected chi connectivity index (χ0v) is 9.88. The molecule has 0 aromatic heterocycles. The molecular formula is C13H20N2. The van der Waals surface area contributed by atoms with Crippen molar-refractivity contribution in [3.63, 3.8) is 0 Å². The SMILES string of the molecule is Cc1cc(N)ccc1N1CCCC1(C)C. The van der Waals surface area contributed by atoms with E-state index in [1.165, 1.54) is 24.1 Å². The van der Waals surface area contributed by atoms with Crippen LogP contribution >= 0.6 is 0 Å². The fraction of sp³-hybridized carbons (Fsp3) is 0.538. The highest BCUT2D eigenvalue weighted by atomic mass is 15.2. The summed E-state index contributed by atoms with van der Waals surface area (Å²) in [5.41, 5.74) is 9.54. The largest absolute Gasteiger partial charge is 0.399 e. The molecule has 0 saturated carbocycles. The molecule has 0 unspecified atom stereocenters. The smallest absolute Gasteiger partial charge is 0.0401 e. The molecule has 82 valence electrons. The number of benzene rings is 1. The monoisotopic (exact) mass is 204 g/mol. The van der Waals surface area contributed by atoms with Gasteiger partial charge in [0.2, 0.25) is 0 Å². The van der Waals surface area contributed by atoms with Gasteiger partial charge in [-0.2, -0.15) is 0 Å². The third-order valence-corrected chi connectivity index (χ3v) is 3.41. The van der Waals surface area contributed by atoms with Gasteiger partial charge >= 0.3 is 0 Å². The number of hydrogen-bond acceptors (Lipinski definition) is 2. The van der Waals surface area contributed by atoms with Crippen LogP contribution in [0.5, 0.6) is 0 Å². The lowest BCUT2D eigenvalue weighted by Crippen LogP contribution is -2.38. The number of nitrogens with zero attached hydrogens (tertiary/aromatic N) is 1. The summed E-state index contributed by atoms with van der Waals surface area (Å²) in [5.74, 6) is 0. The van der Waals surface area contributed by atoms with Crippen molar-refractivity contribution >= 4 is 11.4 Å². The molecule has 1 heterocycles. The molecule has 1 saturated heterocycles. The molecule has 0 radical (unpaired) electrons. The second kappa shape index (κ2) is 3.44. The first-order valence-corrected chi connectivity index (χ1v) is 5.64. The Kier molecular flexibility index (Phi) is 2.37. The zero-order chi connectivity index (χ0) is 11.1. The zero-order valence-electron chi connectivity index (χ0n) is 9.88. The van der Waals surface area contributed by atoms with Crippen LogP contribution in [0.4, 0.5) is 11.4 Å². The molecule has 2 heteroatoms. The van der Waals surface area contributed by atoms with Gasteiger partial charge in [0.15, 0.2) is 0 Å². The first-order chi connectivity index (χ1) is 7.00. The molecule has 1 aliphatic rings. The van der Waals surface area contributed by atoms with Crippen molar-refractivity contribution < 1.29 is 0 Å². The molecule has 0 spiro atoms. The van der Waals surface area contributed by atoms with Gasteiger partial charge < -0.3 is 10.6 Å². The number of anilines is 2. The molecule has 0 bridgehead atoms. The van der Waals surface area contributed by atoms with E-state index in [-0.39, 0.29) is 0 Å². The highest BCUT2D eigenvalue weighted by Gasteiger charge is 2.32. The van der Waals surface area contributed by atoms with E-state index in [0.717, 1.165) is 12.2 Å². The molecule has 2 rings (SSSR count). The molecular weight excluding hydrogens is 184 g/mol. The van der Waals surface area contributed by atoms with Gasteiger partial charge in [-0.15, -0.1) is 0 Å². The first kappa shape index (κ1) is 10.3. The topological polar surface area (TPSA) is 29.3 Å². The lowest BCUT2D eigenvalue weighted by atomic mass is 10.0. The van der Waals surface area contributed by atoms with Gasteiger partial charge in [-0.25, -0.2) is 0 Å². The van der Waals surface area contributed by atoms with Crippen molar-refractivity contribution in [1.29, 1.82) is 0 Å². The van der Waals surface area contributed by atoms with Crippen molar-refractivity contribution in [3.8, 4) is 0 Å². The van der Waals surface area contributed by atoms with Crippen LogP contribution in [0.2, 0.25) is 0 Å². The van der Waals surface area contributed by atoms with Crippen LogP contribution in [0.25, 0.3) is 0 Å². The molecule has 1 fully saturated rings. The maximum Gasteiger partial charge on any atom is 0.0401 e. The van der Waals surface area contributed by atoms with E-state index < -0.39 is 0 Å². The molecule has 1 aliphatic heterocycles. The summed E-state index contributed by atoms with van der Waals surface area (Å²) in [6, 6.07) is 6.21. The van der Waals surface area contributed by atoms with E-state index in [0.29, 0.717) is 5.54 Å². The van der Waals surface area contributed by atoms with E-state index >= 15 is 0 Å². The van der Waals surface area contributed by atoms with Crippen molar-refractivity contribution in [3.05, 3.63) is 23.8 Å². The number of hydrogen-bond donors (Lipinski definition) is 1. The normalized spacial score (nSPS) is 19.5. The molecule has 2 nitrogen and oxygen atoms in total. The van der Waals surface area contributed by atoms with Gasteiger partial charge in [0, 0.05) is 23.5 Å². The maximum atomic E-state index is 5.78. The number of nitrogen functional groups attached to an aromatic ring is 1. The summed E-state index contributed by atoms with van der Waals surface area (Å²) in [5, 5.41) is 0. The summed E-state index contributed by atoms with van der Waals surface area (Å²) in [7, 11) is 0. The summed E-state index contributed by atoms with van der Waals surface area (Å²) in [6.07, 6.45) is 2.56. The highest BCUT2D eigenvalue weighted by Crippen LogP contribution is 2.35. The van der Waals surface area contributed by atoms with Gasteiger partial charge in [0.1, 0.15) is 0 Å². The molecule has 1 aromatic rings. The Hall–Kier alpha value is -1.18. The quantitative estimate of drug-likeness (QED) is 0.713. The Morgan fingerprint density at radius 1 is 1.33 bits per heavy atom. The van der Waals surface area contributed by atoms with Gasteiger partial charge in [-0.1, -0.05) is 0 Å². The average molecular weight is 204 g/mol. The predicted molar refractivity (Wildman–Crippen MR) is 66.3 cm³/mol. The van der Waals surface area contributed by atoms with Crippen LogP contribution in [-0.4, -0.2) is 12.1 Å². The van der Waals surface area contributed by atoms with E-state index in [9.17, 15) is 0 Å². The summed E-state index contributed by atoms with van der Waals surface area (Å²) in [6.45, 7) is 7.93. The molecule has 0 atom stereocenters. The van der Waals surface area contributed by atoms with Crippen LogP contribution in [0.15, 0.2) is 18.2 Å². The average Bonchev–Trinajstić information content (AvgIpc) is 2.46. The standard InChI is InChI=1S/C13H20N2/c1-10-9-11(14)5-6-12(10)15-8-4-7-13(15,2)3/h5-6,9H,4,7-8,14H2,1-3H3. The van der Waals surface area contributed by atoms with Crippen LogP contribution in [-0.2, 0) is 0 Å². The Bertz CT molecular complexity index is 369. The Morgan fingerprint density at radius 3 is 2.60 bits per heavy atom. The molecule has 2 N–H and O–H groups in total. The van der Waals surface area contributed by atoms with Crippen LogP contribution in [0.3, 0.4) is 0 Å². The molecule has 0 amide bonds. The predicted octanol–water partition coefficient (Wildman–Crippen LogP) is 2.96. The maximum absolute atomic E-state index is 5.78. The van der Waals surface area contributed by atoms with Crippen molar-refractivity contribution in [2.45, 2.75) is 39.2 Å². The van der Waals surface area contributed by atoms with Gasteiger partial charge in [0.05, 0.1) is 0 Å². The molecule has 0 aliphatic carbocycles. The third kappa shape index (κ3) is 1.81.